The van der Waals surface area contributed by atoms with E-state index in [1.165, 1.54) is 0 Å². The number of nitrogens with zero attached hydrogens (tertiary/aromatic N) is 7. The fourth-order valence-electron chi connectivity index (χ4n) is 3.99. The number of likely N-dealkylation sites (tertiary alicyclic amines) is 1. The molecule has 27 heavy (non-hydrogen) atoms. The number of pyridine rings is 1. The largest absolute Gasteiger partial charge is 0.361 e. The highest BCUT2D eigenvalue weighted by Crippen LogP contribution is 2.34. The molecule has 0 N–H and O–H groups in total. The van der Waals surface area contributed by atoms with Gasteiger partial charge in [0.25, 0.3) is 0 Å². The SMILES string of the molecule is Cc1cc(CN2CCC[C@@H]2c2nnn3cc(-c4ccnn4C)ccc23)no1. The second kappa shape index (κ2) is 6.31. The van der Waals surface area contributed by atoms with E-state index >= 15 is 0 Å². The van der Waals surface area contributed by atoms with Crippen molar-refractivity contribution in [3.8, 4) is 11.3 Å². The number of hydrogen-bond acceptors (Lipinski definition) is 6. The van der Waals surface area contributed by atoms with Crippen LogP contribution in [0, 0.1) is 6.92 Å². The Bertz CT molecular complexity index is 1090. The maximum atomic E-state index is 5.21. The Morgan fingerprint density at radius 3 is 2.96 bits per heavy atom. The molecule has 1 aliphatic heterocycles. The van der Waals surface area contributed by atoms with Crippen molar-refractivity contribution in [2.45, 2.75) is 32.4 Å². The lowest BCUT2D eigenvalue weighted by Crippen LogP contribution is -2.23. The van der Waals surface area contributed by atoms with Crippen LogP contribution in [0.15, 0.2) is 41.2 Å². The molecule has 0 amide bonds. The molecule has 4 aromatic heterocycles. The van der Waals surface area contributed by atoms with Crippen LogP contribution in [-0.4, -0.2) is 41.2 Å². The maximum absolute atomic E-state index is 5.21. The average Bonchev–Trinajstić information content (AvgIpc) is 3.42. The van der Waals surface area contributed by atoms with Crippen molar-refractivity contribution < 1.29 is 4.52 Å². The van der Waals surface area contributed by atoms with E-state index in [0.29, 0.717) is 0 Å². The second-order valence-corrected chi connectivity index (χ2v) is 7.12. The van der Waals surface area contributed by atoms with E-state index < -0.39 is 0 Å². The Hall–Kier alpha value is -3.00. The van der Waals surface area contributed by atoms with Crippen LogP contribution in [0.3, 0.4) is 0 Å². The zero-order chi connectivity index (χ0) is 18.4. The molecule has 1 atom stereocenters. The third kappa shape index (κ3) is 2.82. The number of aromatic nitrogens is 6. The van der Waals surface area contributed by atoms with Crippen LogP contribution in [0.4, 0.5) is 0 Å². The fraction of sp³-hybridized carbons (Fsp3) is 0.368. The predicted octanol–water partition coefficient (Wildman–Crippen LogP) is 2.76. The van der Waals surface area contributed by atoms with Gasteiger partial charge in [-0.3, -0.25) is 9.58 Å². The molecule has 8 nitrogen and oxygen atoms in total. The topological polar surface area (TPSA) is 77.3 Å². The molecule has 0 bridgehead atoms. The Kier molecular flexibility index (Phi) is 3.78. The van der Waals surface area contributed by atoms with Crippen LogP contribution in [0.1, 0.15) is 36.0 Å². The van der Waals surface area contributed by atoms with E-state index in [-0.39, 0.29) is 6.04 Å². The summed E-state index contributed by atoms with van der Waals surface area (Å²) in [6.45, 7) is 3.72. The normalized spacial score (nSPS) is 17.9. The lowest BCUT2D eigenvalue weighted by Gasteiger charge is -2.21. The number of fused-ring (bicyclic) bond motifs is 1. The molecular weight excluding hydrogens is 342 g/mol. The van der Waals surface area contributed by atoms with Gasteiger partial charge >= 0.3 is 0 Å². The van der Waals surface area contributed by atoms with Gasteiger partial charge in [-0.25, -0.2) is 4.52 Å². The minimum absolute atomic E-state index is 0.252. The smallest absolute Gasteiger partial charge is 0.133 e. The molecule has 8 heteroatoms. The van der Waals surface area contributed by atoms with Gasteiger partial charge in [-0.1, -0.05) is 10.4 Å². The van der Waals surface area contributed by atoms with E-state index in [9.17, 15) is 0 Å². The third-order valence-electron chi connectivity index (χ3n) is 5.28. The van der Waals surface area contributed by atoms with Gasteiger partial charge < -0.3 is 4.52 Å². The van der Waals surface area contributed by atoms with Crippen molar-refractivity contribution in [3.05, 3.63) is 53.8 Å². The van der Waals surface area contributed by atoms with Crippen LogP contribution in [-0.2, 0) is 13.6 Å². The summed E-state index contributed by atoms with van der Waals surface area (Å²) in [5, 5.41) is 17.3. The van der Waals surface area contributed by atoms with Crippen LogP contribution < -0.4 is 0 Å². The predicted molar refractivity (Wildman–Crippen MR) is 98.8 cm³/mol. The number of rotatable bonds is 4. The molecule has 0 aromatic carbocycles. The molecule has 1 aliphatic rings. The summed E-state index contributed by atoms with van der Waals surface area (Å²) in [4.78, 5) is 2.41. The van der Waals surface area contributed by atoms with Crippen LogP contribution in [0.5, 0.6) is 0 Å². The molecule has 4 aromatic rings. The monoisotopic (exact) mass is 363 g/mol. The number of aryl methyl sites for hydroxylation is 2. The van der Waals surface area contributed by atoms with Gasteiger partial charge in [0.05, 0.1) is 22.9 Å². The minimum atomic E-state index is 0.252. The zero-order valence-electron chi connectivity index (χ0n) is 15.4. The van der Waals surface area contributed by atoms with Crippen LogP contribution >= 0.6 is 0 Å². The molecule has 5 heterocycles. The van der Waals surface area contributed by atoms with E-state index in [1.807, 2.05) is 41.5 Å². The first-order valence-corrected chi connectivity index (χ1v) is 9.18. The van der Waals surface area contributed by atoms with Gasteiger partial charge in [0.2, 0.25) is 0 Å². The summed E-state index contributed by atoms with van der Waals surface area (Å²) < 4.78 is 8.94. The molecule has 0 spiro atoms. The first-order valence-electron chi connectivity index (χ1n) is 9.18. The summed E-state index contributed by atoms with van der Waals surface area (Å²) in [6, 6.07) is 8.46. The van der Waals surface area contributed by atoms with Crippen molar-refractivity contribution in [2.75, 3.05) is 6.54 Å². The highest BCUT2D eigenvalue weighted by atomic mass is 16.5. The van der Waals surface area contributed by atoms with Gasteiger partial charge in [0.1, 0.15) is 11.5 Å². The van der Waals surface area contributed by atoms with Crippen molar-refractivity contribution in [2.24, 2.45) is 7.05 Å². The summed E-state index contributed by atoms with van der Waals surface area (Å²) in [6.07, 6.45) is 6.04. The van der Waals surface area contributed by atoms with E-state index in [4.69, 9.17) is 4.52 Å². The maximum Gasteiger partial charge on any atom is 0.133 e. The van der Waals surface area contributed by atoms with Crippen molar-refractivity contribution in [1.29, 1.82) is 0 Å². The highest BCUT2D eigenvalue weighted by Gasteiger charge is 2.30. The molecular formula is C19H21N7O. The van der Waals surface area contributed by atoms with E-state index in [2.05, 4.69) is 37.6 Å². The Morgan fingerprint density at radius 2 is 2.19 bits per heavy atom. The average molecular weight is 363 g/mol. The summed E-state index contributed by atoms with van der Waals surface area (Å²) in [5.74, 6) is 0.845. The lowest BCUT2D eigenvalue weighted by atomic mass is 10.1. The van der Waals surface area contributed by atoms with Crippen molar-refractivity contribution in [3.63, 3.8) is 0 Å². The van der Waals surface area contributed by atoms with Crippen LogP contribution in [0.25, 0.3) is 16.8 Å². The summed E-state index contributed by atoms with van der Waals surface area (Å²) in [7, 11) is 1.94. The van der Waals surface area contributed by atoms with Crippen LogP contribution in [0.2, 0.25) is 0 Å². The quantitative estimate of drug-likeness (QED) is 0.555. The molecule has 5 rings (SSSR count). The van der Waals surface area contributed by atoms with Gasteiger partial charge in [-0.2, -0.15) is 5.10 Å². The first kappa shape index (κ1) is 16.2. The Labute approximate surface area is 156 Å². The van der Waals surface area contributed by atoms with Crippen molar-refractivity contribution >= 4 is 5.52 Å². The molecule has 138 valence electrons. The number of hydrogen-bond donors (Lipinski definition) is 0. The minimum Gasteiger partial charge on any atom is -0.361 e. The second-order valence-electron chi connectivity index (χ2n) is 7.12. The molecule has 1 saturated heterocycles. The molecule has 0 aliphatic carbocycles. The zero-order valence-corrected chi connectivity index (χ0v) is 15.4. The molecule has 0 unspecified atom stereocenters. The fourth-order valence-corrected chi connectivity index (χ4v) is 3.99. The van der Waals surface area contributed by atoms with Gasteiger partial charge in [-0.05, 0) is 44.5 Å². The van der Waals surface area contributed by atoms with E-state index in [0.717, 1.165) is 59.9 Å². The summed E-state index contributed by atoms with van der Waals surface area (Å²) >= 11 is 0. The van der Waals surface area contributed by atoms with Gasteiger partial charge in [0.15, 0.2) is 0 Å². The highest BCUT2D eigenvalue weighted by molar-refractivity contribution is 5.63. The summed E-state index contributed by atoms with van der Waals surface area (Å²) in [5.41, 5.74) is 5.17. The first-order chi connectivity index (χ1) is 13.2. The standard InChI is InChI=1S/C19H21N7O/c1-13-10-15(22-27-13)12-25-9-3-4-17(25)19-18-6-5-14(11-26(18)23-21-19)16-7-8-20-24(16)2/h5-8,10-11,17H,3-4,9,12H2,1-2H3/t17-/m1/s1. The van der Waals surface area contributed by atoms with Gasteiger partial charge in [0, 0.05) is 37.6 Å². The molecule has 0 radical (unpaired) electrons. The lowest BCUT2D eigenvalue weighted by molar-refractivity contribution is 0.237. The Morgan fingerprint density at radius 1 is 1.26 bits per heavy atom. The van der Waals surface area contributed by atoms with Crippen molar-refractivity contribution in [1.82, 2.24) is 34.7 Å². The van der Waals surface area contributed by atoms with Gasteiger partial charge in [-0.15, -0.1) is 5.10 Å². The molecule has 1 fully saturated rings. The Balaban J connectivity index is 1.46. The van der Waals surface area contributed by atoms with E-state index in [1.54, 1.807) is 6.20 Å². The third-order valence-corrected chi connectivity index (χ3v) is 5.28. The molecule has 0 saturated carbocycles.